The Balaban J connectivity index is 1.91. The summed E-state index contributed by atoms with van der Waals surface area (Å²) >= 11 is 0. The fourth-order valence-corrected chi connectivity index (χ4v) is 1.69. The first-order valence-corrected chi connectivity index (χ1v) is 6.02. The zero-order valence-electron chi connectivity index (χ0n) is 10.9. The number of rotatable bonds is 5. The Morgan fingerprint density at radius 2 is 2.20 bits per heavy atom. The number of aromatic nitrogens is 3. The summed E-state index contributed by atoms with van der Waals surface area (Å²) in [5, 5.41) is 15.7. The van der Waals surface area contributed by atoms with E-state index in [0.29, 0.717) is 13.0 Å². The Bertz CT molecular complexity index is 636. The SMILES string of the molecule is Cn1ccc(CCNC(=O)c2ccnc(C(=O)O)c2)n1. The molecule has 0 radical (unpaired) electrons. The second kappa shape index (κ2) is 5.96. The molecule has 2 aromatic rings. The Morgan fingerprint density at radius 3 is 2.85 bits per heavy atom. The molecular formula is C13H14N4O3. The Labute approximate surface area is 115 Å². The maximum atomic E-state index is 11.9. The van der Waals surface area contributed by atoms with E-state index in [0.717, 1.165) is 5.69 Å². The van der Waals surface area contributed by atoms with Gasteiger partial charge in [-0.05, 0) is 18.2 Å². The van der Waals surface area contributed by atoms with Gasteiger partial charge in [0.2, 0.25) is 0 Å². The van der Waals surface area contributed by atoms with Crippen LogP contribution < -0.4 is 5.32 Å². The first-order chi connectivity index (χ1) is 9.56. The van der Waals surface area contributed by atoms with Crippen molar-refractivity contribution in [2.75, 3.05) is 6.54 Å². The van der Waals surface area contributed by atoms with Crippen LogP contribution in [0.2, 0.25) is 0 Å². The molecule has 0 fully saturated rings. The van der Waals surface area contributed by atoms with Crippen molar-refractivity contribution in [2.24, 2.45) is 7.05 Å². The molecule has 7 nitrogen and oxygen atoms in total. The average Bonchev–Trinajstić information content (AvgIpc) is 2.84. The predicted octanol–water partition coefficient (Wildman–Crippen LogP) is 0.486. The molecular weight excluding hydrogens is 260 g/mol. The number of pyridine rings is 1. The quantitative estimate of drug-likeness (QED) is 0.826. The Kier molecular flexibility index (Phi) is 4.09. The summed E-state index contributed by atoms with van der Waals surface area (Å²) < 4.78 is 1.69. The molecule has 0 spiro atoms. The standard InChI is InChI=1S/C13H14N4O3/c1-17-7-4-10(16-17)3-6-15-12(18)9-2-5-14-11(8-9)13(19)20/h2,4-5,7-8H,3,6H2,1H3,(H,15,18)(H,19,20). The first kappa shape index (κ1) is 13.7. The zero-order valence-corrected chi connectivity index (χ0v) is 10.9. The molecule has 0 saturated heterocycles. The summed E-state index contributed by atoms with van der Waals surface area (Å²) in [7, 11) is 1.83. The van der Waals surface area contributed by atoms with Crippen LogP contribution >= 0.6 is 0 Å². The smallest absolute Gasteiger partial charge is 0.354 e. The van der Waals surface area contributed by atoms with Crippen LogP contribution in [0, 0.1) is 0 Å². The van der Waals surface area contributed by atoms with E-state index in [-0.39, 0.29) is 17.2 Å². The van der Waals surface area contributed by atoms with Crippen molar-refractivity contribution in [3.05, 3.63) is 47.5 Å². The highest BCUT2D eigenvalue weighted by Crippen LogP contribution is 2.02. The maximum absolute atomic E-state index is 11.9. The summed E-state index contributed by atoms with van der Waals surface area (Å²) in [5.74, 6) is -1.49. The van der Waals surface area contributed by atoms with Gasteiger partial charge >= 0.3 is 5.97 Å². The molecule has 0 unspecified atom stereocenters. The van der Waals surface area contributed by atoms with Gasteiger partial charge in [0.1, 0.15) is 5.69 Å². The second-order valence-electron chi connectivity index (χ2n) is 4.22. The van der Waals surface area contributed by atoms with Gasteiger partial charge in [0, 0.05) is 38.0 Å². The van der Waals surface area contributed by atoms with Crippen molar-refractivity contribution in [3.8, 4) is 0 Å². The molecule has 0 aliphatic carbocycles. The molecule has 104 valence electrons. The van der Waals surface area contributed by atoms with E-state index in [4.69, 9.17) is 5.11 Å². The highest BCUT2D eigenvalue weighted by atomic mass is 16.4. The Hall–Kier alpha value is -2.70. The highest BCUT2D eigenvalue weighted by molar-refractivity contribution is 5.96. The van der Waals surface area contributed by atoms with Gasteiger partial charge in [0.15, 0.2) is 0 Å². The average molecular weight is 274 g/mol. The third kappa shape index (κ3) is 3.41. The van der Waals surface area contributed by atoms with Gasteiger partial charge in [0.25, 0.3) is 5.91 Å². The van der Waals surface area contributed by atoms with Crippen LogP contribution in [0.5, 0.6) is 0 Å². The van der Waals surface area contributed by atoms with E-state index in [1.165, 1.54) is 18.3 Å². The van der Waals surface area contributed by atoms with E-state index in [2.05, 4.69) is 15.4 Å². The fraction of sp³-hybridized carbons (Fsp3) is 0.231. The number of hydrogen-bond donors (Lipinski definition) is 2. The van der Waals surface area contributed by atoms with Gasteiger partial charge in [-0.25, -0.2) is 9.78 Å². The number of carboxylic acids is 1. The normalized spacial score (nSPS) is 10.2. The van der Waals surface area contributed by atoms with E-state index in [9.17, 15) is 9.59 Å². The first-order valence-electron chi connectivity index (χ1n) is 6.02. The minimum Gasteiger partial charge on any atom is -0.477 e. The van der Waals surface area contributed by atoms with Crippen LogP contribution in [0.3, 0.4) is 0 Å². The number of nitrogens with zero attached hydrogens (tertiary/aromatic N) is 3. The van der Waals surface area contributed by atoms with Crippen LogP contribution in [-0.2, 0) is 13.5 Å². The minimum absolute atomic E-state index is 0.151. The highest BCUT2D eigenvalue weighted by Gasteiger charge is 2.10. The third-order valence-electron chi connectivity index (χ3n) is 2.68. The topological polar surface area (TPSA) is 97.1 Å². The number of carbonyl (C=O) groups excluding carboxylic acids is 1. The number of hydrogen-bond acceptors (Lipinski definition) is 4. The lowest BCUT2D eigenvalue weighted by Gasteiger charge is -2.04. The lowest BCUT2D eigenvalue weighted by Crippen LogP contribution is -2.26. The van der Waals surface area contributed by atoms with Crippen LogP contribution in [0.1, 0.15) is 26.5 Å². The van der Waals surface area contributed by atoms with Gasteiger partial charge in [-0.3, -0.25) is 9.48 Å². The van der Waals surface area contributed by atoms with Crippen molar-refractivity contribution >= 4 is 11.9 Å². The largest absolute Gasteiger partial charge is 0.477 e. The molecule has 0 aliphatic heterocycles. The summed E-state index contributed by atoms with van der Waals surface area (Å²) in [6, 6.07) is 4.60. The van der Waals surface area contributed by atoms with Crippen LogP contribution in [0.25, 0.3) is 0 Å². The molecule has 0 saturated carbocycles. The van der Waals surface area contributed by atoms with E-state index in [1.807, 2.05) is 19.3 Å². The van der Waals surface area contributed by atoms with Crippen molar-refractivity contribution in [1.29, 1.82) is 0 Å². The summed E-state index contributed by atoms with van der Waals surface area (Å²) in [4.78, 5) is 26.3. The van der Waals surface area contributed by atoms with Crippen LogP contribution in [0.15, 0.2) is 30.6 Å². The number of nitrogens with one attached hydrogen (secondary N) is 1. The van der Waals surface area contributed by atoms with Gasteiger partial charge < -0.3 is 10.4 Å². The molecule has 2 aromatic heterocycles. The number of aryl methyl sites for hydroxylation is 1. The molecule has 2 N–H and O–H groups in total. The van der Waals surface area contributed by atoms with Gasteiger partial charge in [-0.2, -0.15) is 5.10 Å². The molecule has 1 amide bonds. The van der Waals surface area contributed by atoms with E-state index >= 15 is 0 Å². The van der Waals surface area contributed by atoms with Gasteiger partial charge in [0.05, 0.1) is 5.69 Å². The zero-order chi connectivity index (χ0) is 14.5. The molecule has 2 rings (SSSR count). The van der Waals surface area contributed by atoms with Crippen LogP contribution in [0.4, 0.5) is 0 Å². The van der Waals surface area contributed by atoms with E-state index < -0.39 is 5.97 Å². The van der Waals surface area contributed by atoms with Gasteiger partial charge in [-0.1, -0.05) is 0 Å². The monoisotopic (exact) mass is 274 g/mol. The third-order valence-corrected chi connectivity index (χ3v) is 2.68. The minimum atomic E-state index is -1.16. The predicted molar refractivity (Wildman–Crippen MR) is 70.4 cm³/mol. The second-order valence-corrected chi connectivity index (χ2v) is 4.22. The molecule has 0 aromatic carbocycles. The number of carbonyl (C=O) groups is 2. The molecule has 2 heterocycles. The van der Waals surface area contributed by atoms with E-state index in [1.54, 1.807) is 4.68 Å². The maximum Gasteiger partial charge on any atom is 0.354 e. The lowest BCUT2D eigenvalue weighted by molar-refractivity contribution is 0.0690. The van der Waals surface area contributed by atoms with Crippen molar-refractivity contribution in [2.45, 2.75) is 6.42 Å². The van der Waals surface area contributed by atoms with Gasteiger partial charge in [-0.15, -0.1) is 0 Å². The Morgan fingerprint density at radius 1 is 1.40 bits per heavy atom. The number of carboxylic acid groups (broad SMARTS) is 1. The van der Waals surface area contributed by atoms with Crippen molar-refractivity contribution in [1.82, 2.24) is 20.1 Å². The van der Waals surface area contributed by atoms with Crippen molar-refractivity contribution in [3.63, 3.8) is 0 Å². The van der Waals surface area contributed by atoms with Crippen LogP contribution in [-0.4, -0.2) is 38.3 Å². The fourth-order valence-electron chi connectivity index (χ4n) is 1.69. The summed E-state index contributed by atoms with van der Waals surface area (Å²) in [6.45, 7) is 0.431. The molecule has 0 bridgehead atoms. The molecule has 0 aliphatic rings. The summed E-state index contributed by atoms with van der Waals surface area (Å²) in [5.41, 5.74) is 1.01. The van der Waals surface area contributed by atoms with Crippen molar-refractivity contribution < 1.29 is 14.7 Å². The molecule has 20 heavy (non-hydrogen) atoms. The number of aromatic carboxylic acids is 1. The lowest BCUT2D eigenvalue weighted by atomic mass is 10.2. The number of amides is 1. The molecule has 7 heteroatoms. The molecule has 0 atom stereocenters. The summed E-state index contributed by atoms with van der Waals surface area (Å²) in [6.07, 6.45) is 3.75.